The second-order valence-corrected chi connectivity index (χ2v) is 5.63. The molecule has 0 bridgehead atoms. The molecule has 1 N–H and O–H groups in total. The molecule has 94 valence electrons. The van der Waals surface area contributed by atoms with Crippen LogP contribution in [0.1, 0.15) is 40.0 Å². The molecule has 3 nitrogen and oxygen atoms in total. The zero-order valence-electron chi connectivity index (χ0n) is 10.8. The van der Waals surface area contributed by atoms with Crippen molar-refractivity contribution in [1.82, 2.24) is 4.90 Å². The van der Waals surface area contributed by atoms with E-state index in [0.717, 1.165) is 13.1 Å². The molecular formula is C13H25NO2. The molecule has 3 heteroatoms. The van der Waals surface area contributed by atoms with Crippen LogP contribution in [0.5, 0.6) is 0 Å². The number of hydrogen-bond donors (Lipinski definition) is 1. The quantitative estimate of drug-likeness (QED) is 0.784. The van der Waals surface area contributed by atoms with Gasteiger partial charge in [-0.2, -0.15) is 0 Å². The van der Waals surface area contributed by atoms with Gasteiger partial charge in [0, 0.05) is 19.5 Å². The number of carboxylic acid groups (broad SMARTS) is 1. The van der Waals surface area contributed by atoms with Crippen molar-refractivity contribution in [2.75, 3.05) is 19.6 Å². The minimum absolute atomic E-state index is 0.312. The maximum Gasteiger partial charge on any atom is 0.303 e. The first-order valence-electron chi connectivity index (χ1n) is 6.43. The highest BCUT2D eigenvalue weighted by Gasteiger charge is 2.25. The van der Waals surface area contributed by atoms with Crippen LogP contribution in [0.2, 0.25) is 0 Å². The van der Waals surface area contributed by atoms with Crippen molar-refractivity contribution >= 4 is 5.97 Å². The second-order valence-electron chi connectivity index (χ2n) is 5.63. The average molecular weight is 227 g/mol. The maximum atomic E-state index is 10.7. The third-order valence-corrected chi connectivity index (χ3v) is 3.47. The van der Waals surface area contributed by atoms with Crippen molar-refractivity contribution in [2.24, 2.45) is 17.8 Å². The molecule has 0 saturated carbocycles. The van der Waals surface area contributed by atoms with Gasteiger partial charge in [0.2, 0.25) is 0 Å². The average Bonchev–Trinajstić information content (AvgIpc) is 2.16. The summed E-state index contributed by atoms with van der Waals surface area (Å²) >= 11 is 0. The van der Waals surface area contributed by atoms with Gasteiger partial charge in [0.1, 0.15) is 0 Å². The Morgan fingerprint density at radius 3 is 2.69 bits per heavy atom. The van der Waals surface area contributed by atoms with E-state index in [1.165, 1.54) is 19.4 Å². The number of carbonyl (C=O) groups is 1. The number of nitrogens with zero attached hydrogens (tertiary/aromatic N) is 1. The SMILES string of the molecule is CC(C)CN1CCCC(C(C)CC(=O)O)C1. The zero-order valence-corrected chi connectivity index (χ0v) is 10.8. The fraction of sp³-hybridized carbons (Fsp3) is 0.923. The Morgan fingerprint density at radius 1 is 1.44 bits per heavy atom. The van der Waals surface area contributed by atoms with Crippen molar-refractivity contribution in [2.45, 2.75) is 40.0 Å². The largest absolute Gasteiger partial charge is 0.481 e. The number of carboxylic acids is 1. The molecule has 0 aromatic heterocycles. The summed E-state index contributed by atoms with van der Waals surface area (Å²) in [5.41, 5.74) is 0. The van der Waals surface area contributed by atoms with E-state index >= 15 is 0 Å². The van der Waals surface area contributed by atoms with Crippen LogP contribution in [0.15, 0.2) is 0 Å². The predicted octanol–water partition coefficient (Wildman–Crippen LogP) is 2.47. The highest BCUT2D eigenvalue weighted by Crippen LogP contribution is 2.26. The molecule has 1 aliphatic rings. The van der Waals surface area contributed by atoms with Gasteiger partial charge in [0.05, 0.1) is 0 Å². The summed E-state index contributed by atoms with van der Waals surface area (Å²) in [5.74, 6) is 0.929. The number of aliphatic carboxylic acids is 1. The lowest BCUT2D eigenvalue weighted by atomic mass is 9.84. The van der Waals surface area contributed by atoms with Crippen molar-refractivity contribution in [3.05, 3.63) is 0 Å². The highest BCUT2D eigenvalue weighted by molar-refractivity contribution is 5.66. The molecule has 1 fully saturated rings. The Bertz CT molecular complexity index is 228. The molecule has 0 radical (unpaired) electrons. The standard InChI is InChI=1S/C13H25NO2/c1-10(2)8-14-6-4-5-12(9-14)11(3)7-13(15)16/h10-12H,4-9H2,1-3H3,(H,15,16). The third kappa shape index (κ3) is 4.52. The van der Waals surface area contributed by atoms with Gasteiger partial charge in [0.15, 0.2) is 0 Å². The van der Waals surface area contributed by atoms with Crippen LogP contribution in [0.3, 0.4) is 0 Å². The van der Waals surface area contributed by atoms with Gasteiger partial charge in [-0.25, -0.2) is 0 Å². The van der Waals surface area contributed by atoms with Crippen LogP contribution in [0.25, 0.3) is 0 Å². The fourth-order valence-corrected chi connectivity index (χ4v) is 2.68. The van der Waals surface area contributed by atoms with Crippen LogP contribution in [0.4, 0.5) is 0 Å². The van der Waals surface area contributed by atoms with E-state index in [1.54, 1.807) is 0 Å². The summed E-state index contributed by atoms with van der Waals surface area (Å²) in [6.45, 7) is 9.99. The Morgan fingerprint density at radius 2 is 2.12 bits per heavy atom. The van der Waals surface area contributed by atoms with Crippen molar-refractivity contribution in [3.8, 4) is 0 Å². The normalized spacial score (nSPS) is 24.6. The summed E-state index contributed by atoms with van der Waals surface area (Å²) < 4.78 is 0. The van der Waals surface area contributed by atoms with Gasteiger partial charge < -0.3 is 10.0 Å². The smallest absolute Gasteiger partial charge is 0.303 e. The molecule has 0 aliphatic carbocycles. The van der Waals surface area contributed by atoms with Gasteiger partial charge >= 0.3 is 5.97 Å². The topological polar surface area (TPSA) is 40.5 Å². The van der Waals surface area contributed by atoms with Crippen LogP contribution in [-0.4, -0.2) is 35.6 Å². The molecule has 1 aliphatic heterocycles. The molecule has 16 heavy (non-hydrogen) atoms. The van der Waals surface area contributed by atoms with Gasteiger partial charge in [-0.3, -0.25) is 4.79 Å². The van der Waals surface area contributed by atoms with Gasteiger partial charge in [0.25, 0.3) is 0 Å². The van der Waals surface area contributed by atoms with E-state index in [0.29, 0.717) is 24.2 Å². The molecule has 0 amide bonds. The number of rotatable bonds is 5. The van der Waals surface area contributed by atoms with Crippen LogP contribution in [0, 0.1) is 17.8 Å². The third-order valence-electron chi connectivity index (χ3n) is 3.47. The minimum atomic E-state index is -0.659. The summed E-state index contributed by atoms with van der Waals surface area (Å²) in [6.07, 6.45) is 2.74. The lowest BCUT2D eigenvalue weighted by molar-refractivity contribution is -0.138. The van der Waals surface area contributed by atoms with E-state index in [1.807, 2.05) is 0 Å². The Labute approximate surface area is 98.8 Å². The molecule has 2 unspecified atom stereocenters. The molecule has 0 aromatic rings. The Balaban J connectivity index is 2.40. The lowest BCUT2D eigenvalue weighted by Gasteiger charge is -2.36. The monoisotopic (exact) mass is 227 g/mol. The maximum absolute atomic E-state index is 10.7. The summed E-state index contributed by atoms with van der Waals surface area (Å²) in [4.78, 5) is 13.2. The number of hydrogen-bond acceptors (Lipinski definition) is 2. The summed E-state index contributed by atoms with van der Waals surface area (Å²) in [5, 5.41) is 8.81. The van der Waals surface area contributed by atoms with Crippen LogP contribution >= 0.6 is 0 Å². The van der Waals surface area contributed by atoms with E-state index in [-0.39, 0.29) is 0 Å². The molecule has 0 aromatic carbocycles. The van der Waals surface area contributed by atoms with Gasteiger partial charge in [-0.15, -0.1) is 0 Å². The molecule has 1 saturated heterocycles. The van der Waals surface area contributed by atoms with Gasteiger partial charge in [-0.1, -0.05) is 20.8 Å². The van der Waals surface area contributed by atoms with Gasteiger partial charge in [-0.05, 0) is 37.1 Å². The van der Waals surface area contributed by atoms with E-state index in [4.69, 9.17) is 5.11 Å². The van der Waals surface area contributed by atoms with Crippen molar-refractivity contribution < 1.29 is 9.90 Å². The highest BCUT2D eigenvalue weighted by atomic mass is 16.4. The van der Waals surface area contributed by atoms with E-state index in [2.05, 4.69) is 25.7 Å². The lowest BCUT2D eigenvalue weighted by Crippen LogP contribution is -2.40. The zero-order chi connectivity index (χ0) is 12.1. The molecule has 0 spiro atoms. The minimum Gasteiger partial charge on any atom is -0.481 e. The van der Waals surface area contributed by atoms with E-state index < -0.39 is 5.97 Å². The fourth-order valence-electron chi connectivity index (χ4n) is 2.68. The predicted molar refractivity (Wildman–Crippen MR) is 65.4 cm³/mol. The summed E-state index contributed by atoms with van der Waals surface area (Å²) in [6, 6.07) is 0. The second kappa shape index (κ2) is 6.24. The first kappa shape index (κ1) is 13.5. The van der Waals surface area contributed by atoms with Crippen molar-refractivity contribution in [3.63, 3.8) is 0 Å². The van der Waals surface area contributed by atoms with E-state index in [9.17, 15) is 4.79 Å². The Kier molecular flexibility index (Phi) is 5.26. The molecule has 2 atom stereocenters. The Hall–Kier alpha value is -0.570. The first-order chi connectivity index (χ1) is 7.49. The number of likely N-dealkylation sites (tertiary alicyclic amines) is 1. The molecule has 1 heterocycles. The molecule has 1 rings (SSSR count). The first-order valence-corrected chi connectivity index (χ1v) is 6.43. The van der Waals surface area contributed by atoms with Crippen LogP contribution in [-0.2, 0) is 4.79 Å². The molecular weight excluding hydrogens is 202 g/mol. The number of piperidine rings is 1. The van der Waals surface area contributed by atoms with Crippen LogP contribution < -0.4 is 0 Å². The summed E-state index contributed by atoms with van der Waals surface area (Å²) in [7, 11) is 0. The van der Waals surface area contributed by atoms with Crippen molar-refractivity contribution in [1.29, 1.82) is 0 Å².